The van der Waals surface area contributed by atoms with Gasteiger partial charge in [0.05, 0.1) is 0 Å². The maximum atomic E-state index is 14.8. The van der Waals surface area contributed by atoms with Crippen LogP contribution in [0.5, 0.6) is 0 Å². The van der Waals surface area contributed by atoms with Gasteiger partial charge in [0.1, 0.15) is 0 Å². The molecule has 3 nitrogen and oxygen atoms in total. The van der Waals surface area contributed by atoms with Crippen LogP contribution in [0.4, 0.5) is 0 Å². The molecule has 0 spiro atoms. The summed E-state index contributed by atoms with van der Waals surface area (Å²) in [5.74, 6) is 0. The normalized spacial score (nSPS) is 11.6. The Balaban J connectivity index is 1.49. The van der Waals surface area contributed by atoms with Crippen LogP contribution in [-0.2, 0) is 39.1 Å². The highest BCUT2D eigenvalue weighted by Gasteiger charge is 2.34. The molecule has 4 aromatic carbocycles. The molecule has 49 heavy (non-hydrogen) atoms. The summed E-state index contributed by atoms with van der Waals surface area (Å²) in [5, 5.41) is 0. The molecule has 0 unspecified atom stereocenters. The van der Waals surface area contributed by atoms with Gasteiger partial charge in [0.15, 0.2) is 0 Å². The molecule has 0 radical (unpaired) electrons. The Morgan fingerprint density at radius 3 is 0.776 bits per heavy atom. The Hall–Kier alpha value is -3.74. The Bertz CT molecular complexity index is 1480. The third-order valence-corrected chi connectivity index (χ3v) is 15.4. The van der Waals surface area contributed by atoms with Crippen LogP contribution in [-0.4, -0.2) is 24.6 Å². The maximum absolute atomic E-state index is 14.8. The number of rotatable bonds is 22. The fourth-order valence-corrected chi connectivity index (χ4v) is 12.5. The van der Waals surface area contributed by atoms with Crippen molar-refractivity contribution in [2.75, 3.05) is 24.6 Å². The summed E-state index contributed by atoms with van der Waals surface area (Å²) in [7, 11) is -6.42. The van der Waals surface area contributed by atoms with Gasteiger partial charge in [-0.1, -0.05) is 148 Å². The third-order valence-electron chi connectivity index (χ3n) is 9.02. The van der Waals surface area contributed by atoms with Crippen molar-refractivity contribution in [3.8, 4) is 0 Å². The number of hydrogen-bond acceptors (Lipinski definition) is 3. The molecule has 0 N–H and O–H groups in total. The fraction of sp³-hybridized carbons (Fsp3) is 0.273. The Morgan fingerprint density at radius 1 is 0.388 bits per heavy atom. The second kappa shape index (κ2) is 19.4. The molecule has 5 heteroatoms. The van der Waals surface area contributed by atoms with E-state index in [-0.39, 0.29) is 0 Å². The second-order valence-electron chi connectivity index (χ2n) is 12.8. The molecular formula is C44H52O3P2. The molecule has 0 aliphatic rings. The maximum Gasteiger partial charge on any atom is 0.208 e. The van der Waals surface area contributed by atoms with Crippen LogP contribution in [0, 0.1) is 0 Å². The molecule has 0 saturated carbocycles. The predicted octanol–water partition coefficient (Wildman–Crippen LogP) is 12.7. The first kappa shape index (κ1) is 38.1. The lowest BCUT2D eigenvalue weighted by molar-refractivity contribution is 0.450. The first-order valence-electron chi connectivity index (χ1n) is 17.5. The van der Waals surface area contributed by atoms with Crippen molar-refractivity contribution >= 4 is 39.0 Å². The molecule has 0 atom stereocenters. The van der Waals surface area contributed by atoms with E-state index < -0.39 is 14.7 Å². The van der Waals surface area contributed by atoms with Crippen LogP contribution >= 0.6 is 14.7 Å². The summed E-state index contributed by atoms with van der Waals surface area (Å²) in [4.78, 5) is 0. The molecule has 4 rings (SSSR count). The summed E-state index contributed by atoms with van der Waals surface area (Å²) in [6.45, 7) is 15.4. The van der Waals surface area contributed by atoms with Crippen molar-refractivity contribution in [2.24, 2.45) is 0 Å². The van der Waals surface area contributed by atoms with E-state index in [0.29, 0.717) is 50.3 Å². The van der Waals surface area contributed by atoms with E-state index >= 15 is 0 Å². The van der Waals surface area contributed by atoms with E-state index in [9.17, 15) is 9.13 Å². The lowest BCUT2D eigenvalue weighted by atomic mass is 10.1. The van der Waals surface area contributed by atoms with Gasteiger partial charge >= 0.3 is 0 Å². The average Bonchev–Trinajstić information content (AvgIpc) is 3.12. The molecule has 4 aromatic rings. The standard InChI is InChI=1S/C44H52O3P2/c1-5-37-17-25-41(26-18-37)13-9-33-48(45,34-10-14-42-27-19-38(6-2)20-28-42)47-49(46,35-11-15-43-29-21-39(7-3)22-30-43)36-12-16-44-31-23-40(8-4)24-32-44/h5-8,17-32H,1-4,9-16,33-36H2. The first-order valence-corrected chi connectivity index (χ1v) is 21.5. The summed E-state index contributed by atoms with van der Waals surface area (Å²) < 4.78 is 36.1. The molecule has 0 aliphatic heterocycles. The quantitative estimate of drug-likeness (QED) is 0.0771. The molecule has 256 valence electrons. The van der Waals surface area contributed by atoms with Crippen molar-refractivity contribution in [3.63, 3.8) is 0 Å². The molecule has 0 aromatic heterocycles. The van der Waals surface area contributed by atoms with Crippen molar-refractivity contribution < 1.29 is 13.4 Å². The minimum atomic E-state index is -3.21. The fourth-order valence-electron chi connectivity index (χ4n) is 6.04. The molecule has 0 saturated heterocycles. The molecular weight excluding hydrogens is 638 g/mol. The van der Waals surface area contributed by atoms with Gasteiger partial charge in [-0.05, 0) is 95.9 Å². The molecule has 0 heterocycles. The highest BCUT2D eigenvalue weighted by Crippen LogP contribution is 2.64. The third kappa shape index (κ3) is 12.9. The van der Waals surface area contributed by atoms with Gasteiger partial charge in [-0.2, -0.15) is 0 Å². The lowest BCUT2D eigenvalue weighted by Crippen LogP contribution is -2.07. The monoisotopic (exact) mass is 690 g/mol. The largest absolute Gasteiger partial charge is 0.293 e. The van der Waals surface area contributed by atoms with E-state index in [4.69, 9.17) is 4.31 Å². The molecule has 0 bridgehead atoms. The van der Waals surface area contributed by atoms with Crippen LogP contribution < -0.4 is 0 Å². The summed E-state index contributed by atoms with van der Waals surface area (Å²) in [5.41, 5.74) is 9.06. The Morgan fingerprint density at radius 2 is 0.592 bits per heavy atom. The predicted molar refractivity (Wildman–Crippen MR) is 215 cm³/mol. The second-order valence-corrected chi connectivity index (χ2v) is 18.5. The van der Waals surface area contributed by atoms with Crippen LogP contribution in [0.3, 0.4) is 0 Å². The van der Waals surface area contributed by atoms with Gasteiger partial charge in [-0.25, -0.2) is 0 Å². The van der Waals surface area contributed by atoms with Crippen molar-refractivity contribution in [1.82, 2.24) is 0 Å². The molecule has 0 amide bonds. The zero-order chi connectivity index (χ0) is 35.0. The van der Waals surface area contributed by atoms with Gasteiger partial charge in [0.2, 0.25) is 14.7 Å². The van der Waals surface area contributed by atoms with Crippen LogP contribution in [0.1, 0.15) is 70.2 Å². The lowest BCUT2D eigenvalue weighted by Gasteiger charge is -2.26. The van der Waals surface area contributed by atoms with E-state index in [1.165, 1.54) is 22.3 Å². The SMILES string of the molecule is C=Cc1ccc(CCCP(=O)(CCCc2ccc(C=C)cc2)OP(=O)(CCCc2ccc(C=C)cc2)CCCc2ccc(C=C)cc2)cc1. The van der Waals surface area contributed by atoms with Crippen LogP contribution in [0.25, 0.3) is 24.3 Å². The average molecular weight is 691 g/mol. The minimum Gasteiger partial charge on any atom is -0.293 e. The van der Waals surface area contributed by atoms with Gasteiger partial charge < -0.3 is 0 Å². The summed E-state index contributed by atoms with van der Waals surface area (Å²) >= 11 is 0. The molecule has 0 aliphatic carbocycles. The van der Waals surface area contributed by atoms with E-state index in [0.717, 1.165) is 47.9 Å². The zero-order valence-electron chi connectivity index (χ0n) is 29.0. The van der Waals surface area contributed by atoms with Crippen molar-refractivity contribution in [3.05, 3.63) is 168 Å². The van der Waals surface area contributed by atoms with Crippen LogP contribution in [0.2, 0.25) is 0 Å². The van der Waals surface area contributed by atoms with Gasteiger partial charge in [0.25, 0.3) is 0 Å². The van der Waals surface area contributed by atoms with Crippen LogP contribution in [0.15, 0.2) is 123 Å². The summed E-state index contributed by atoms with van der Waals surface area (Å²) in [6, 6.07) is 33.3. The Kier molecular flexibility index (Phi) is 15.1. The zero-order valence-corrected chi connectivity index (χ0v) is 30.8. The van der Waals surface area contributed by atoms with E-state index in [1.54, 1.807) is 0 Å². The van der Waals surface area contributed by atoms with Gasteiger partial charge in [-0.15, -0.1) is 0 Å². The molecule has 0 fully saturated rings. The van der Waals surface area contributed by atoms with E-state index in [2.05, 4.69) is 123 Å². The smallest absolute Gasteiger partial charge is 0.208 e. The van der Waals surface area contributed by atoms with Gasteiger partial charge in [-0.3, -0.25) is 13.4 Å². The Labute approximate surface area is 295 Å². The number of hydrogen-bond donors (Lipinski definition) is 0. The number of benzene rings is 4. The minimum absolute atomic E-state index is 0.418. The van der Waals surface area contributed by atoms with E-state index in [1.807, 2.05) is 24.3 Å². The van der Waals surface area contributed by atoms with Gasteiger partial charge in [0, 0.05) is 24.6 Å². The number of aryl methyl sites for hydroxylation is 4. The highest BCUT2D eigenvalue weighted by molar-refractivity contribution is 7.72. The van der Waals surface area contributed by atoms with Crippen molar-refractivity contribution in [2.45, 2.75) is 51.4 Å². The topological polar surface area (TPSA) is 43.4 Å². The van der Waals surface area contributed by atoms with Crippen molar-refractivity contribution in [1.29, 1.82) is 0 Å². The first-order chi connectivity index (χ1) is 23.7. The highest BCUT2D eigenvalue weighted by atomic mass is 31.2. The summed E-state index contributed by atoms with van der Waals surface area (Å²) in [6.07, 6.45) is 15.0.